The number of hydrogen-bond donors (Lipinski definition) is 0. The predicted octanol–water partition coefficient (Wildman–Crippen LogP) is 2.26. The van der Waals surface area contributed by atoms with Gasteiger partial charge in [0.05, 0.1) is 20.6 Å². The maximum Gasteiger partial charge on any atom is 0.250 e. The zero-order valence-corrected chi connectivity index (χ0v) is 19.5. The smallest absolute Gasteiger partial charge is 0.250 e. The van der Waals surface area contributed by atoms with Crippen molar-refractivity contribution >= 4 is 17.9 Å². The maximum absolute atomic E-state index is 13.1. The molecule has 8 heteroatoms. The molecular formula is C26H29N3O5. The highest BCUT2D eigenvalue weighted by atomic mass is 16.5. The molecule has 2 amide bonds. The van der Waals surface area contributed by atoms with Crippen LogP contribution in [0.4, 0.5) is 0 Å². The first-order valence-electron chi connectivity index (χ1n) is 11.7. The Balaban J connectivity index is 1.24. The minimum absolute atomic E-state index is 0.0367. The first-order chi connectivity index (χ1) is 16.5. The van der Waals surface area contributed by atoms with Crippen molar-refractivity contribution in [3.63, 3.8) is 0 Å². The van der Waals surface area contributed by atoms with Crippen LogP contribution >= 0.6 is 0 Å². The number of carbonyl (C=O) groups excluding carboxylic acids is 2. The Morgan fingerprint density at radius 1 is 1.06 bits per heavy atom. The maximum atomic E-state index is 13.1. The molecule has 0 radical (unpaired) electrons. The van der Waals surface area contributed by atoms with Gasteiger partial charge in [-0.1, -0.05) is 6.07 Å². The molecule has 3 aliphatic rings. The fourth-order valence-electron chi connectivity index (χ4n) is 5.44. The van der Waals surface area contributed by atoms with E-state index in [1.165, 1.54) is 0 Å². The zero-order valence-electron chi connectivity index (χ0n) is 19.5. The molecule has 2 bridgehead atoms. The molecule has 1 saturated heterocycles. The van der Waals surface area contributed by atoms with Crippen molar-refractivity contribution in [3.05, 3.63) is 63.7 Å². The molecule has 8 nitrogen and oxygen atoms in total. The van der Waals surface area contributed by atoms with Gasteiger partial charge in [-0.25, -0.2) is 0 Å². The average molecular weight is 464 g/mol. The van der Waals surface area contributed by atoms with E-state index in [1.54, 1.807) is 37.5 Å². The summed E-state index contributed by atoms with van der Waals surface area (Å²) in [6.07, 6.45) is 5.13. The number of rotatable bonds is 5. The predicted molar refractivity (Wildman–Crippen MR) is 127 cm³/mol. The fourth-order valence-corrected chi connectivity index (χ4v) is 5.44. The lowest BCUT2D eigenvalue weighted by molar-refractivity contribution is -0.135. The van der Waals surface area contributed by atoms with Crippen molar-refractivity contribution < 1.29 is 19.1 Å². The number of aromatic nitrogens is 1. The number of piperidine rings is 1. The number of nitrogens with zero attached hydrogens (tertiary/aromatic N) is 3. The summed E-state index contributed by atoms with van der Waals surface area (Å²) in [5, 5.41) is 0. The van der Waals surface area contributed by atoms with Crippen LogP contribution in [0.5, 0.6) is 11.5 Å². The van der Waals surface area contributed by atoms with E-state index in [2.05, 4.69) is 0 Å². The van der Waals surface area contributed by atoms with Gasteiger partial charge in [0, 0.05) is 56.5 Å². The molecule has 4 heterocycles. The van der Waals surface area contributed by atoms with Crippen LogP contribution in [0, 0.1) is 5.92 Å². The first kappa shape index (κ1) is 22.3. The summed E-state index contributed by atoms with van der Waals surface area (Å²) in [4.78, 5) is 41.7. The van der Waals surface area contributed by atoms with E-state index < -0.39 is 0 Å². The molecule has 1 aromatic heterocycles. The van der Waals surface area contributed by atoms with E-state index in [0.29, 0.717) is 37.7 Å². The normalized spacial score (nSPS) is 20.9. The van der Waals surface area contributed by atoms with Crippen LogP contribution in [0.2, 0.25) is 0 Å². The third kappa shape index (κ3) is 4.08. The second kappa shape index (κ2) is 9.00. The number of likely N-dealkylation sites (tertiary alicyclic amines) is 1. The minimum atomic E-state index is -0.0566. The Morgan fingerprint density at radius 3 is 2.65 bits per heavy atom. The molecule has 2 unspecified atom stereocenters. The number of hydrogen-bond acceptors (Lipinski definition) is 5. The third-order valence-electron chi connectivity index (χ3n) is 7.14. The van der Waals surface area contributed by atoms with Crippen molar-refractivity contribution in [1.29, 1.82) is 0 Å². The fraction of sp³-hybridized carbons (Fsp3) is 0.423. The molecule has 5 rings (SSSR count). The first-order valence-corrected chi connectivity index (χ1v) is 11.7. The highest BCUT2D eigenvalue weighted by Crippen LogP contribution is 2.35. The van der Waals surface area contributed by atoms with Crippen LogP contribution in [0.25, 0.3) is 6.08 Å². The van der Waals surface area contributed by atoms with Gasteiger partial charge in [0.25, 0.3) is 5.56 Å². The number of ether oxygens (including phenoxy) is 2. The highest BCUT2D eigenvalue weighted by Gasteiger charge is 2.36. The second-order valence-electron chi connectivity index (χ2n) is 9.23. The van der Waals surface area contributed by atoms with E-state index in [1.807, 2.05) is 33.7 Å². The van der Waals surface area contributed by atoms with Crippen molar-refractivity contribution in [3.8, 4) is 11.5 Å². The zero-order chi connectivity index (χ0) is 23.8. The Bertz CT molecular complexity index is 1220. The minimum Gasteiger partial charge on any atom is -0.493 e. The molecule has 0 spiro atoms. The third-order valence-corrected chi connectivity index (χ3v) is 7.14. The van der Waals surface area contributed by atoms with Crippen LogP contribution in [0.3, 0.4) is 0 Å². The van der Waals surface area contributed by atoms with Crippen molar-refractivity contribution in [1.82, 2.24) is 14.4 Å². The summed E-state index contributed by atoms with van der Waals surface area (Å²) < 4.78 is 12.6. The molecule has 1 fully saturated rings. The van der Waals surface area contributed by atoms with Crippen LogP contribution in [-0.4, -0.2) is 60.0 Å². The lowest BCUT2D eigenvalue weighted by Gasteiger charge is -2.42. The van der Waals surface area contributed by atoms with Gasteiger partial charge < -0.3 is 23.8 Å². The number of fused-ring (bicyclic) bond motifs is 5. The lowest BCUT2D eigenvalue weighted by atomic mass is 9.83. The average Bonchev–Trinajstić information content (AvgIpc) is 2.99. The molecule has 3 aliphatic heterocycles. The molecule has 0 aliphatic carbocycles. The SMILES string of the molecule is COc1cc2c(cc1OC)CC(=O)N(CCC(=O)N1CC3CC(C1)c1cccc(=O)n1C3)C=C2. The van der Waals surface area contributed by atoms with E-state index in [4.69, 9.17) is 9.47 Å². The van der Waals surface area contributed by atoms with Crippen LogP contribution in [0.15, 0.2) is 41.3 Å². The van der Waals surface area contributed by atoms with E-state index in [9.17, 15) is 14.4 Å². The van der Waals surface area contributed by atoms with Crippen molar-refractivity contribution in [2.24, 2.45) is 5.92 Å². The number of amides is 2. The molecule has 1 aromatic carbocycles. The summed E-state index contributed by atoms with van der Waals surface area (Å²) in [6.45, 7) is 2.27. The molecule has 34 heavy (non-hydrogen) atoms. The number of pyridine rings is 1. The topological polar surface area (TPSA) is 81.1 Å². The summed E-state index contributed by atoms with van der Waals surface area (Å²) in [7, 11) is 3.15. The van der Waals surface area contributed by atoms with Crippen LogP contribution < -0.4 is 15.0 Å². The summed E-state index contributed by atoms with van der Waals surface area (Å²) in [6, 6.07) is 9.10. The van der Waals surface area contributed by atoms with Gasteiger partial charge in [0.15, 0.2) is 11.5 Å². The van der Waals surface area contributed by atoms with Gasteiger partial charge >= 0.3 is 0 Å². The Hall–Kier alpha value is -3.55. The monoisotopic (exact) mass is 463 g/mol. The molecular weight excluding hydrogens is 434 g/mol. The highest BCUT2D eigenvalue weighted by molar-refractivity contribution is 5.85. The molecule has 2 atom stereocenters. The number of benzene rings is 1. The quantitative estimate of drug-likeness (QED) is 0.680. The Morgan fingerprint density at radius 2 is 1.85 bits per heavy atom. The van der Waals surface area contributed by atoms with Crippen molar-refractivity contribution in [2.45, 2.75) is 31.7 Å². The standard InChI is InChI=1S/C26H29N3O5/c1-33-22-11-18-6-8-27(26(32)13-19(18)12-23(22)34-2)9-7-24(30)28-14-17-10-20(16-28)21-4-3-5-25(31)29(21)15-17/h3-6,8,11-12,17,20H,7,9-10,13-16H2,1-2H3. The molecule has 178 valence electrons. The van der Waals surface area contributed by atoms with Gasteiger partial charge in [-0.3, -0.25) is 14.4 Å². The summed E-state index contributed by atoms with van der Waals surface area (Å²) in [5.74, 6) is 1.66. The largest absolute Gasteiger partial charge is 0.493 e. The van der Waals surface area contributed by atoms with E-state index in [0.717, 1.165) is 23.2 Å². The van der Waals surface area contributed by atoms with Gasteiger partial charge in [-0.15, -0.1) is 0 Å². The van der Waals surface area contributed by atoms with E-state index >= 15 is 0 Å². The molecule has 0 N–H and O–H groups in total. The van der Waals surface area contributed by atoms with Crippen LogP contribution in [0.1, 0.15) is 35.6 Å². The van der Waals surface area contributed by atoms with E-state index in [-0.39, 0.29) is 42.1 Å². The van der Waals surface area contributed by atoms with Crippen molar-refractivity contribution in [2.75, 3.05) is 33.9 Å². The molecule has 0 saturated carbocycles. The van der Waals surface area contributed by atoms with Gasteiger partial charge in [-0.2, -0.15) is 0 Å². The second-order valence-corrected chi connectivity index (χ2v) is 9.23. The van der Waals surface area contributed by atoms with Crippen LogP contribution in [-0.2, 0) is 22.6 Å². The Labute approximate surface area is 198 Å². The number of carbonyl (C=O) groups is 2. The van der Waals surface area contributed by atoms with Gasteiger partial charge in [0.1, 0.15) is 0 Å². The summed E-state index contributed by atoms with van der Waals surface area (Å²) >= 11 is 0. The summed E-state index contributed by atoms with van der Waals surface area (Å²) in [5.41, 5.74) is 2.83. The molecule has 2 aromatic rings. The number of methoxy groups -OCH3 is 2. The lowest BCUT2D eigenvalue weighted by Crippen LogP contribution is -2.49. The van der Waals surface area contributed by atoms with Gasteiger partial charge in [-0.05, 0) is 47.7 Å². The Kier molecular flexibility index (Phi) is 5.89. The van der Waals surface area contributed by atoms with Gasteiger partial charge in [0.2, 0.25) is 11.8 Å².